The van der Waals surface area contributed by atoms with Gasteiger partial charge in [0.15, 0.2) is 0 Å². The Kier molecular flexibility index (Phi) is 3.21. The Morgan fingerprint density at radius 2 is 1.88 bits per heavy atom. The quantitative estimate of drug-likeness (QED) is 0.686. The molecule has 1 aromatic heterocycles. The van der Waals surface area contributed by atoms with Gasteiger partial charge in [0, 0.05) is 5.56 Å². The maximum absolute atomic E-state index is 11.8. The molecule has 0 aliphatic rings. The van der Waals surface area contributed by atoms with Crippen LogP contribution in [-0.4, -0.2) is 11.6 Å². The van der Waals surface area contributed by atoms with Crippen molar-refractivity contribution in [3.05, 3.63) is 33.4 Å². The number of hydrogen-bond donors (Lipinski definition) is 0. The van der Waals surface area contributed by atoms with Gasteiger partial charge in [-0.1, -0.05) is 0 Å². The van der Waals surface area contributed by atoms with Crippen molar-refractivity contribution in [1.29, 1.82) is 0 Å². The summed E-state index contributed by atoms with van der Waals surface area (Å²) in [6.45, 7) is 8.53. The molecule has 0 radical (unpaired) electrons. The second-order valence-corrected chi connectivity index (χ2v) is 4.66. The summed E-state index contributed by atoms with van der Waals surface area (Å²) in [6, 6.07) is 0. The molecule has 0 aliphatic heterocycles. The molecule has 1 rings (SSSR count). The molecule has 0 fully saturated rings. The van der Waals surface area contributed by atoms with Crippen LogP contribution in [0.1, 0.15) is 42.5 Å². The lowest BCUT2D eigenvalue weighted by Crippen LogP contribution is -2.28. The molecule has 0 amide bonds. The summed E-state index contributed by atoms with van der Waals surface area (Å²) < 4.78 is 10.2. The Labute approximate surface area is 94.2 Å². The Bertz CT molecular complexity index is 463. The first kappa shape index (κ1) is 12.5. The lowest BCUT2D eigenvalue weighted by molar-refractivity contribution is 0.00653. The van der Waals surface area contributed by atoms with Crippen LogP contribution < -0.4 is 5.43 Å². The number of carbonyl (C=O) groups is 1. The van der Waals surface area contributed by atoms with Crippen LogP contribution in [0.25, 0.3) is 0 Å². The maximum Gasteiger partial charge on any atom is 0.345 e. The Balaban J connectivity index is 3.12. The maximum atomic E-state index is 11.8. The van der Waals surface area contributed by atoms with E-state index in [2.05, 4.69) is 0 Å². The number of ether oxygens (including phenoxy) is 1. The van der Waals surface area contributed by atoms with E-state index in [-0.39, 0.29) is 11.0 Å². The van der Waals surface area contributed by atoms with E-state index in [9.17, 15) is 9.59 Å². The molecule has 0 N–H and O–H groups in total. The minimum atomic E-state index is -0.649. The SMILES string of the molecule is Cc1occ(C(=O)OC(C)(C)C)c(=O)c1C. The summed E-state index contributed by atoms with van der Waals surface area (Å²) in [5, 5.41) is 0. The number of esters is 1. The van der Waals surface area contributed by atoms with Crippen molar-refractivity contribution < 1.29 is 13.9 Å². The monoisotopic (exact) mass is 224 g/mol. The average Bonchev–Trinajstić information content (AvgIpc) is 2.11. The van der Waals surface area contributed by atoms with Crippen molar-refractivity contribution in [1.82, 2.24) is 0 Å². The largest absolute Gasteiger partial charge is 0.468 e. The van der Waals surface area contributed by atoms with Gasteiger partial charge in [0.1, 0.15) is 23.2 Å². The molecule has 0 spiro atoms. The van der Waals surface area contributed by atoms with E-state index in [0.717, 1.165) is 6.26 Å². The predicted molar refractivity (Wildman–Crippen MR) is 59.6 cm³/mol. The molecule has 1 aromatic rings. The highest BCUT2D eigenvalue weighted by Crippen LogP contribution is 2.11. The third-order valence-corrected chi connectivity index (χ3v) is 2.09. The number of carbonyl (C=O) groups excluding carboxylic acids is 1. The topological polar surface area (TPSA) is 56.5 Å². The second-order valence-electron chi connectivity index (χ2n) is 4.66. The summed E-state index contributed by atoms with van der Waals surface area (Å²) in [5.74, 6) is -0.137. The zero-order valence-corrected chi connectivity index (χ0v) is 10.2. The highest BCUT2D eigenvalue weighted by molar-refractivity contribution is 5.89. The Morgan fingerprint density at radius 1 is 1.31 bits per heavy atom. The zero-order chi connectivity index (χ0) is 12.5. The predicted octanol–water partition coefficient (Wildman–Crippen LogP) is 2.21. The van der Waals surface area contributed by atoms with E-state index in [1.165, 1.54) is 0 Å². The van der Waals surface area contributed by atoms with Crippen molar-refractivity contribution in [2.45, 2.75) is 40.2 Å². The molecule has 0 saturated heterocycles. The minimum Gasteiger partial charge on any atom is -0.468 e. The number of rotatable bonds is 1. The van der Waals surface area contributed by atoms with Gasteiger partial charge in [-0.15, -0.1) is 0 Å². The van der Waals surface area contributed by atoms with E-state index in [1.54, 1.807) is 34.6 Å². The molecule has 1 heterocycles. The Morgan fingerprint density at radius 3 is 2.38 bits per heavy atom. The van der Waals surface area contributed by atoms with Gasteiger partial charge in [0.2, 0.25) is 5.43 Å². The van der Waals surface area contributed by atoms with Gasteiger partial charge < -0.3 is 9.15 Å². The summed E-state index contributed by atoms with van der Waals surface area (Å²) >= 11 is 0. The van der Waals surface area contributed by atoms with Gasteiger partial charge in [-0.3, -0.25) is 4.79 Å². The van der Waals surface area contributed by atoms with Crippen LogP contribution in [0.2, 0.25) is 0 Å². The summed E-state index contributed by atoms with van der Waals surface area (Å²) in [4.78, 5) is 23.4. The molecular formula is C12H16O4. The van der Waals surface area contributed by atoms with E-state index < -0.39 is 11.6 Å². The van der Waals surface area contributed by atoms with Crippen molar-refractivity contribution >= 4 is 5.97 Å². The van der Waals surface area contributed by atoms with Crippen LogP contribution in [0.5, 0.6) is 0 Å². The smallest absolute Gasteiger partial charge is 0.345 e. The van der Waals surface area contributed by atoms with E-state index in [4.69, 9.17) is 9.15 Å². The number of hydrogen-bond acceptors (Lipinski definition) is 4. The van der Waals surface area contributed by atoms with Gasteiger partial charge in [-0.2, -0.15) is 0 Å². The third-order valence-electron chi connectivity index (χ3n) is 2.09. The molecule has 0 aliphatic carbocycles. The van der Waals surface area contributed by atoms with E-state index in [1.807, 2.05) is 0 Å². The van der Waals surface area contributed by atoms with Crippen LogP contribution in [0.3, 0.4) is 0 Å². The summed E-state index contributed by atoms with van der Waals surface area (Å²) in [5.41, 5.74) is -0.582. The lowest BCUT2D eigenvalue weighted by Gasteiger charge is -2.19. The minimum absolute atomic E-state index is 0.0574. The fourth-order valence-corrected chi connectivity index (χ4v) is 1.12. The molecule has 0 atom stereocenters. The molecular weight excluding hydrogens is 208 g/mol. The average molecular weight is 224 g/mol. The first-order chi connectivity index (χ1) is 7.22. The van der Waals surface area contributed by atoms with Gasteiger partial charge in [0.25, 0.3) is 0 Å². The van der Waals surface area contributed by atoms with Gasteiger partial charge in [-0.25, -0.2) is 4.79 Å². The molecule has 4 nitrogen and oxygen atoms in total. The zero-order valence-electron chi connectivity index (χ0n) is 10.2. The molecule has 0 saturated carbocycles. The molecule has 88 valence electrons. The molecule has 0 aromatic carbocycles. The highest BCUT2D eigenvalue weighted by Gasteiger charge is 2.21. The fraction of sp³-hybridized carbons (Fsp3) is 0.500. The first-order valence-electron chi connectivity index (χ1n) is 5.04. The van der Waals surface area contributed by atoms with Crippen molar-refractivity contribution in [2.75, 3.05) is 0 Å². The van der Waals surface area contributed by atoms with Gasteiger partial charge in [0.05, 0.1) is 0 Å². The van der Waals surface area contributed by atoms with Crippen LogP contribution in [0.4, 0.5) is 0 Å². The van der Waals surface area contributed by atoms with Crippen molar-refractivity contribution in [3.63, 3.8) is 0 Å². The summed E-state index contributed by atoms with van der Waals surface area (Å²) in [7, 11) is 0. The standard InChI is InChI=1S/C12H16O4/c1-7-8(2)15-6-9(10(7)13)11(14)16-12(3,4)5/h6H,1-5H3. The highest BCUT2D eigenvalue weighted by atomic mass is 16.6. The lowest BCUT2D eigenvalue weighted by atomic mass is 10.1. The normalized spacial score (nSPS) is 11.3. The van der Waals surface area contributed by atoms with Crippen LogP contribution in [0, 0.1) is 13.8 Å². The summed E-state index contributed by atoms with van der Waals surface area (Å²) in [6.07, 6.45) is 1.15. The second kappa shape index (κ2) is 4.12. The third kappa shape index (κ3) is 2.72. The van der Waals surface area contributed by atoms with Crippen molar-refractivity contribution in [3.8, 4) is 0 Å². The molecule has 4 heteroatoms. The Hall–Kier alpha value is -1.58. The van der Waals surface area contributed by atoms with Crippen molar-refractivity contribution in [2.24, 2.45) is 0 Å². The van der Waals surface area contributed by atoms with E-state index >= 15 is 0 Å². The van der Waals surface area contributed by atoms with Crippen LogP contribution >= 0.6 is 0 Å². The van der Waals surface area contributed by atoms with E-state index in [0.29, 0.717) is 11.3 Å². The molecule has 0 unspecified atom stereocenters. The molecule has 0 bridgehead atoms. The van der Waals surface area contributed by atoms with Gasteiger partial charge >= 0.3 is 5.97 Å². The fourth-order valence-electron chi connectivity index (χ4n) is 1.12. The van der Waals surface area contributed by atoms with Gasteiger partial charge in [-0.05, 0) is 34.6 Å². The van der Waals surface area contributed by atoms with Crippen LogP contribution in [-0.2, 0) is 4.74 Å². The van der Waals surface area contributed by atoms with Crippen LogP contribution in [0.15, 0.2) is 15.5 Å². The number of aryl methyl sites for hydroxylation is 1. The first-order valence-corrected chi connectivity index (χ1v) is 5.04. The molecule has 16 heavy (non-hydrogen) atoms.